The number of methoxy groups -OCH3 is 2. The van der Waals surface area contributed by atoms with Crippen LogP contribution in [-0.2, 0) is 17.6 Å². The van der Waals surface area contributed by atoms with Crippen LogP contribution in [0.5, 0.6) is 11.5 Å². The lowest BCUT2D eigenvalue weighted by Crippen LogP contribution is -2.15. The summed E-state index contributed by atoms with van der Waals surface area (Å²) in [6, 6.07) is 15.0. The minimum absolute atomic E-state index is 0.134. The lowest BCUT2D eigenvalue weighted by atomic mass is 10.1. The highest BCUT2D eigenvalue weighted by Crippen LogP contribution is 2.32. The van der Waals surface area contributed by atoms with Crippen LogP contribution in [0.3, 0.4) is 0 Å². The van der Waals surface area contributed by atoms with Crippen LogP contribution >= 0.6 is 0 Å². The SMILES string of the molecule is CCc1ccccc1NC(=O)Cc1cc(-c2ccc(OC)c(OC)c2)on1. The highest BCUT2D eigenvalue weighted by Gasteiger charge is 2.14. The van der Waals surface area contributed by atoms with E-state index in [-0.39, 0.29) is 12.3 Å². The van der Waals surface area contributed by atoms with Gasteiger partial charge in [0.05, 0.1) is 26.3 Å². The summed E-state index contributed by atoms with van der Waals surface area (Å²) in [7, 11) is 3.16. The van der Waals surface area contributed by atoms with E-state index >= 15 is 0 Å². The van der Waals surface area contributed by atoms with E-state index in [0.29, 0.717) is 23.0 Å². The number of anilines is 1. The summed E-state index contributed by atoms with van der Waals surface area (Å²) in [5.74, 6) is 1.66. The molecule has 0 aliphatic carbocycles. The van der Waals surface area contributed by atoms with E-state index in [1.54, 1.807) is 32.4 Å². The van der Waals surface area contributed by atoms with Gasteiger partial charge in [0.1, 0.15) is 0 Å². The molecule has 0 fully saturated rings. The lowest BCUT2D eigenvalue weighted by molar-refractivity contribution is -0.115. The standard InChI is InChI=1S/C21H22N2O4/c1-4-14-7-5-6-8-17(14)22-21(24)13-16-12-19(27-23-16)15-9-10-18(25-2)20(11-15)26-3/h5-12H,4,13H2,1-3H3,(H,22,24). The van der Waals surface area contributed by atoms with Crippen molar-refractivity contribution >= 4 is 11.6 Å². The van der Waals surface area contributed by atoms with E-state index in [4.69, 9.17) is 14.0 Å². The van der Waals surface area contributed by atoms with Gasteiger partial charge in [0, 0.05) is 17.3 Å². The molecule has 1 N–H and O–H groups in total. The molecular weight excluding hydrogens is 344 g/mol. The molecule has 140 valence electrons. The molecule has 0 radical (unpaired) electrons. The number of amides is 1. The third-order valence-corrected chi connectivity index (χ3v) is 4.24. The van der Waals surface area contributed by atoms with Gasteiger partial charge in [0.2, 0.25) is 5.91 Å². The second-order valence-electron chi connectivity index (χ2n) is 5.99. The van der Waals surface area contributed by atoms with Crippen molar-refractivity contribution in [1.29, 1.82) is 0 Å². The molecule has 0 spiro atoms. The number of carbonyl (C=O) groups is 1. The van der Waals surface area contributed by atoms with Gasteiger partial charge >= 0.3 is 0 Å². The van der Waals surface area contributed by atoms with Crippen molar-refractivity contribution in [2.24, 2.45) is 0 Å². The van der Waals surface area contributed by atoms with Crippen LogP contribution in [0.25, 0.3) is 11.3 Å². The summed E-state index contributed by atoms with van der Waals surface area (Å²) in [6.45, 7) is 2.05. The molecule has 0 saturated heterocycles. The van der Waals surface area contributed by atoms with E-state index in [0.717, 1.165) is 23.2 Å². The Morgan fingerprint density at radius 1 is 1.07 bits per heavy atom. The molecule has 1 amide bonds. The molecule has 0 atom stereocenters. The quantitative estimate of drug-likeness (QED) is 0.681. The molecule has 6 heteroatoms. The second kappa shape index (κ2) is 8.40. The van der Waals surface area contributed by atoms with Crippen molar-refractivity contribution in [2.75, 3.05) is 19.5 Å². The van der Waals surface area contributed by atoms with E-state index < -0.39 is 0 Å². The Balaban J connectivity index is 1.71. The number of nitrogens with zero attached hydrogens (tertiary/aromatic N) is 1. The average molecular weight is 366 g/mol. The predicted molar refractivity (Wildman–Crippen MR) is 103 cm³/mol. The van der Waals surface area contributed by atoms with Crippen LogP contribution in [0.15, 0.2) is 53.1 Å². The summed E-state index contributed by atoms with van der Waals surface area (Å²) in [5, 5.41) is 6.94. The smallest absolute Gasteiger partial charge is 0.230 e. The fourth-order valence-electron chi connectivity index (χ4n) is 2.83. The normalized spacial score (nSPS) is 10.5. The molecule has 1 aromatic heterocycles. The van der Waals surface area contributed by atoms with Crippen molar-refractivity contribution in [1.82, 2.24) is 5.16 Å². The highest BCUT2D eigenvalue weighted by molar-refractivity contribution is 5.92. The van der Waals surface area contributed by atoms with Gasteiger partial charge in [0.15, 0.2) is 17.3 Å². The molecule has 1 heterocycles. The molecule has 0 unspecified atom stereocenters. The number of rotatable bonds is 7. The van der Waals surface area contributed by atoms with E-state index in [2.05, 4.69) is 17.4 Å². The average Bonchev–Trinajstić information content (AvgIpc) is 3.16. The summed E-state index contributed by atoms with van der Waals surface area (Å²) < 4.78 is 15.9. The zero-order valence-electron chi connectivity index (χ0n) is 15.6. The van der Waals surface area contributed by atoms with Gasteiger partial charge in [-0.1, -0.05) is 30.3 Å². The van der Waals surface area contributed by atoms with Crippen LogP contribution in [0.2, 0.25) is 0 Å². The molecule has 2 aromatic carbocycles. The minimum Gasteiger partial charge on any atom is -0.493 e. The van der Waals surface area contributed by atoms with Crippen LogP contribution in [-0.4, -0.2) is 25.3 Å². The summed E-state index contributed by atoms with van der Waals surface area (Å²) in [6.07, 6.45) is 0.985. The third-order valence-electron chi connectivity index (χ3n) is 4.24. The van der Waals surface area contributed by atoms with E-state index in [1.165, 1.54) is 0 Å². The minimum atomic E-state index is -0.136. The molecule has 3 rings (SSSR count). The Morgan fingerprint density at radius 2 is 1.85 bits per heavy atom. The first-order valence-electron chi connectivity index (χ1n) is 8.70. The molecule has 3 aromatic rings. The van der Waals surface area contributed by atoms with Gasteiger partial charge in [-0.2, -0.15) is 0 Å². The summed E-state index contributed by atoms with van der Waals surface area (Å²) >= 11 is 0. The maximum Gasteiger partial charge on any atom is 0.230 e. The summed E-state index contributed by atoms with van der Waals surface area (Å²) in [5.41, 5.74) is 3.28. The van der Waals surface area contributed by atoms with Gasteiger partial charge < -0.3 is 19.3 Å². The van der Waals surface area contributed by atoms with Crippen molar-refractivity contribution in [3.8, 4) is 22.8 Å². The highest BCUT2D eigenvalue weighted by atomic mass is 16.5. The number of hydrogen-bond donors (Lipinski definition) is 1. The van der Waals surface area contributed by atoms with Crippen LogP contribution in [0.1, 0.15) is 18.2 Å². The summed E-state index contributed by atoms with van der Waals surface area (Å²) in [4.78, 5) is 12.4. The number of benzene rings is 2. The number of para-hydroxylation sites is 1. The fraction of sp³-hybridized carbons (Fsp3) is 0.238. The first kappa shape index (κ1) is 18.5. The maximum atomic E-state index is 12.4. The molecule has 27 heavy (non-hydrogen) atoms. The van der Waals surface area contributed by atoms with Gasteiger partial charge in [-0.15, -0.1) is 0 Å². The lowest BCUT2D eigenvalue weighted by Gasteiger charge is -2.08. The topological polar surface area (TPSA) is 73.6 Å². The first-order valence-corrected chi connectivity index (χ1v) is 8.70. The third kappa shape index (κ3) is 4.28. The van der Waals surface area contributed by atoms with Crippen molar-refractivity contribution in [3.05, 3.63) is 59.8 Å². The monoisotopic (exact) mass is 366 g/mol. The molecule has 6 nitrogen and oxygen atoms in total. The zero-order valence-corrected chi connectivity index (χ0v) is 15.6. The number of aryl methyl sites for hydroxylation is 1. The van der Waals surface area contributed by atoms with E-state index in [1.807, 2.05) is 30.3 Å². The number of nitrogens with one attached hydrogen (secondary N) is 1. The zero-order chi connectivity index (χ0) is 19.2. The van der Waals surface area contributed by atoms with Gasteiger partial charge in [-0.3, -0.25) is 4.79 Å². The molecule has 0 bridgehead atoms. The maximum absolute atomic E-state index is 12.4. The molecule has 0 saturated carbocycles. The Labute approximate surface area is 158 Å². The Kier molecular flexibility index (Phi) is 5.76. The van der Waals surface area contributed by atoms with Crippen molar-refractivity contribution < 1.29 is 18.8 Å². The van der Waals surface area contributed by atoms with Crippen molar-refractivity contribution in [2.45, 2.75) is 19.8 Å². The van der Waals surface area contributed by atoms with Crippen molar-refractivity contribution in [3.63, 3.8) is 0 Å². The Hall–Kier alpha value is -3.28. The largest absolute Gasteiger partial charge is 0.493 e. The Bertz CT molecular complexity index is 933. The van der Waals surface area contributed by atoms with Crippen LogP contribution in [0, 0.1) is 0 Å². The van der Waals surface area contributed by atoms with Gasteiger partial charge in [-0.25, -0.2) is 0 Å². The van der Waals surface area contributed by atoms with Gasteiger partial charge in [0.25, 0.3) is 0 Å². The van der Waals surface area contributed by atoms with E-state index in [9.17, 15) is 4.79 Å². The molecular formula is C21H22N2O4. The number of aromatic nitrogens is 1. The first-order chi connectivity index (χ1) is 13.1. The number of ether oxygens (including phenoxy) is 2. The predicted octanol–water partition coefficient (Wildman–Crippen LogP) is 4.10. The fourth-order valence-corrected chi connectivity index (χ4v) is 2.83. The number of carbonyl (C=O) groups excluding carboxylic acids is 1. The van der Waals surface area contributed by atoms with Crippen LogP contribution in [0.4, 0.5) is 5.69 Å². The van der Waals surface area contributed by atoms with Crippen LogP contribution < -0.4 is 14.8 Å². The van der Waals surface area contributed by atoms with Gasteiger partial charge in [-0.05, 0) is 36.2 Å². The number of hydrogen-bond acceptors (Lipinski definition) is 5. The Morgan fingerprint density at radius 3 is 2.59 bits per heavy atom. The molecule has 0 aliphatic rings. The second-order valence-corrected chi connectivity index (χ2v) is 5.99. The molecule has 0 aliphatic heterocycles.